The quantitative estimate of drug-likeness (QED) is 0.473. The van der Waals surface area contributed by atoms with Gasteiger partial charge in [-0.2, -0.15) is 0 Å². The van der Waals surface area contributed by atoms with Gasteiger partial charge in [-0.1, -0.05) is 36.4 Å². The first-order valence-electron chi connectivity index (χ1n) is 8.83. The third-order valence-electron chi connectivity index (χ3n) is 4.12. The van der Waals surface area contributed by atoms with Crippen molar-refractivity contribution in [2.24, 2.45) is 0 Å². The second kappa shape index (κ2) is 8.90. The van der Waals surface area contributed by atoms with Crippen LogP contribution in [0.4, 0.5) is 0 Å². The number of methoxy groups -OCH3 is 1. The van der Waals surface area contributed by atoms with Crippen LogP contribution in [0, 0.1) is 0 Å². The Hall–Kier alpha value is -3.54. The zero-order chi connectivity index (χ0) is 19.9. The number of hydrogen-bond donors (Lipinski definition) is 1. The van der Waals surface area contributed by atoms with Gasteiger partial charge in [0, 0.05) is 11.1 Å². The second-order valence-electron chi connectivity index (χ2n) is 6.05. The van der Waals surface area contributed by atoms with E-state index in [2.05, 4.69) is 5.32 Å². The Labute approximate surface area is 163 Å². The van der Waals surface area contributed by atoms with Gasteiger partial charge in [-0.15, -0.1) is 0 Å². The van der Waals surface area contributed by atoms with E-state index in [9.17, 15) is 9.59 Å². The van der Waals surface area contributed by atoms with E-state index in [0.717, 1.165) is 5.56 Å². The molecule has 0 atom stereocenters. The number of carbonyl (C=O) groups excluding carboxylic acids is 2. The summed E-state index contributed by atoms with van der Waals surface area (Å²) in [4.78, 5) is 23.6. The number of rotatable bonds is 8. The summed E-state index contributed by atoms with van der Waals surface area (Å²) in [6, 6.07) is 17.7. The minimum Gasteiger partial charge on any atom is -0.493 e. The molecule has 1 aromatic heterocycles. The Balaban J connectivity index is 1.53. The van der Waals surface area contributed by atoms with Crippen molar-refractivity contribution in [1.29, 1.82) is 0 Å². The molecule has 0 fully saturated rings. The Morgan fingerprint density at radius 3 is 2.36 bits per heavy atom. The maximum Gasteiger partial charge on any atom is 0.287 e. The molecule has 3 aromatic rings. The van der Waals surface area contributed by atoms with Crippen molar-refractivity contribution in [2.45, 2.75) is 6.92 Å². The number of nitrogens with one attached hydrogen (secondary N) is 1. The maximum atomic E-state index is 12.2. The van der Waals surface area contributed by atoms with E-state index in [1.165, 1.54) is 6.92 Å². The van der Waals surface area contributed by atoms with Gasteiger partial charge in [-0.3, -0.25) is 9.59 Å². The van der Waals surface area contributed by atoms with E-state index in [-0.39, 0.29) is 17.5 Å². The molecular weight excluding hydrogens is 358 g/mol. The van der Waals surface area contributed by atoms with Gasteiger partial charge in [-0.25, -0.2) is 0 Å². The van der Waals surface area contributed by atoms with Crippen LogP contribution in [-0.2, 0) is 0 Å². The molecule has 6 nitrogen and oxygen atoms in total. The first-order valence-corrected chi connectivity index (χ1v) is 8.83. The van der Waals surface area contributed by atoms with Crippen LogP contribution in [0.25, 0.3) is 11.3 Å². The van der Waals surface area contributed by atoms with Crippen LogP contribution in [-0.4, -0.2) is 32.0 Å². The molecule has 28 heavy (non-hydrogen) atoms. The predicted octanol–water partition coefficient (Wildman–Crippen LogP) is 3.97. The number of amides is 1. The maximum absolute atomic E-state index is 12.2. The average Bonchev–Trinajstić information content (AvgIpc) is 3.22. The molecule has 0 radical (unpaired) electrons. The predicted molar refractivity (Wildman–Crippen MR) is 105 cm³/mol. The molecule has 0 saturated heterocycles. The molecule has 0 saturated carbocycles. The lowest BCUT2D eigenvalue weighted by molar-refractivity contribution is 0.0919. The first kappa shape index (κ1) is 19.2. The largest absolute Gasteiger partial charge is 0.493 e. The highest BCUT2D eigenvalue weighted by Crippen LogP contribution is 2.25. The molecule has 0 unspecified atom stereocenters. The normalized spacial score (nSPS) is 10.4. The van der Waals surface area contributed by atoms with Crippen LogP contribution in [0.2, 0.25) is 0 Å². The second-order valence-corrected chi connectivity index (χ2v) is 6.05. The van der Waals surface area contributed by atoms with Crippen LogP contribution < -0.4 is 14.8 Å². The standard InChI is InChI=1S/C22H21NO5/c1-15(24)16-7-9-17(10-8-16)18-11-12-21(28-18)22(25)23-13-14-27-20-6-4-3-5-19(20)26-2/h3-12H,13-14H2,1-2H3,(H,23,25). The first-order chi connectivity index (χ1) is 13.6. The number of carbonyl (C=O) groups is 2. The molecule has 2 aromatic carbocycles. The summed E-state index contributed by atoms with van der Waals surface area (Å²) in [6.07, 6.45) is 0. The fraction of sp³-hybridized carbons (Fsp3) is 0.182. The molecule has 1 N–H and O–H groups in total. The zero-order valence-corrected chi connectivity index (χ0v) is 15.7. The summed E-state index contributed by atoms with van der Waals surface area (Å²) < 4.78 is 16.5. The van der Waals surface area contributed by atoms with Crippen molar-refractivity contribution in [1.82, 2.24) is 5.32 Å². The van der Waals surface area contributed by atoms with Crippen molar-refractivity contribution in [2.75, 3.05) is 20.3 Å². The van der Waals surface area contributed by atoms with Crippen molar-refractivity contribution < 1.29 is 23.5 Å². The van der Waals surface area contributed by atoms with Gasteiger partial charge in [0.25, 0.3) is 5.91 Å². The van der Waals surface area contributed by atoms with Crippen LogP contribution in [0.15, 0.2) is 65.1 Å². The van der Waals surface area contributed by atoms with Crippen molar-refractivity contribution in [3.05, 3.63) is 72.0 Å². The summed E-state index contributed by atoms with van der Waals surface area (Å²) >= 11 is 0. The van der Waals surface area contributed by atoms with Gasteiger partial charge in [0.15, 0.2) is 23.0 Å². The van der Waals surface area contributed by atoms with Crippen LogP contribution in [0.1, 0.15) is 27.8 Å². The molecular formula is C22H21NO5. The number of furan rings is 1. The molecule has 1 heterocycles. The highest BCUT2D eigenvalue weighted by atomic mass is 16.5. The van der Waals surface area contributed by atoms with E-state index in [1.807, 2.05) is 12.1 Å². The lowest BCUT2D eigenvalue weighted by atomic mass is 10.1. The highest BCUT2D eigenvalue weighted by molar-refractivity contribution is 5.94. The Morgan fingerprint density at radius 1 is 0.964 bits per heavy atom. The van der Waals surface area contributed by atoms with E-state index < -0.39 is 0 Å². The third-order valence-corrected chi connectivity index (χ3v) is 4.12. The van der Waals surface area contributed by atoms with Gasteiger partial charge in [0.05, 0.1) is 13.7 Å². The number of ether oxygens (including phenoxy) is 2. The minimum atomic E-state index is -0.324. The molecule has 0 aliphatic carbocycles. The Bertz CT molecular complexity index is 959. The molecule has 0 aliphatic heterocycles. The SMILES string of the molecule is COc1ccccc1OCCNC(=O)c1ccc(-c2ccc(C(C)=O)cc2)o1. The van der Waals surface area contributed by atoms with Gasteiger partial charge in [0.1, 0.15) is 12.4 Å². The van der Waals surface area contributed by atoms with Crippen LogP contribution >= 0.6 is 0 Å². The molecule has 3 rings (SSSR count). The van der Waals surface area contributed by atoms with Gasteiger partial charge in [-0.05, 0) is 31.2 Å². The summed E-state index contributed by atoms with van der Waals surface area (Å²) in [5.41, 5.74) is 1.42. The van der Waals surface area contributed by atoms with Crippen molar-refractivity contribution >= 4 is 11.7 Å². The van der Waals surface area contributed by atoms with E-state index in [0.29, 0.717) is 36.0 Å². The molecule has 0 aliphatic rings. The molecule has 0 bridgehead atoms. The third kappa shape index (κ3) is 4.59. The summed E-state index contributed by atoms with van der Waals surface area (Å²) in [7, 11) is 1.58. The lowest BCUT2D eigenvalue weighted by Gasteiger charge is -2.10. The van der Waals surface area contributed by atoms with E-state index >= 15 is 0 Å². The summed E-state index contributed by atoms with van der Waals surface area (Å²) in [5, 5.41) is 2.75. The molecule has 6 heteroatoms. The molecule has 0 spiro atoms. The van der Waals surface area contributed by atoms with Gasteiger partial charge < -0.3 is 19.2 Å². The minimum absolute atomic E-state index is 0.00130. The molecule has 144 valence electrons. The van der Waals surface area contributed by atoms with Crippen molar-refractivity contribution in [3.63, 3.8) is 0 Å². The van der Waals surface area contributed by atoms with Crippen molar-refractivity contribution in [3.8, 4) is 22.8 Å². The fourth-order valence-electron chi connectivity index (χ4n) is 2.63. The number of para-hydroxylation sites is 2. The highest BCUT2D eigenvalue weighted by Gasteiger charge is 2.12. The summed E-state index contributed by atoms with van der Waals surface area (Å²) in [5.74, 6) is 1.71. The zero-order valence-electron chi connectivity index (χ0n) is 15.7. The van der Waals surface area contributed by atoms with Gasteiger partial charge in [0.2, 0.25) is 0 Å². The smallest absolute Gasteiger partial charge is 0.287 e. The Kier molecular flexibility index (Phi) is 6.11. The topological polar surface area (TPSA) is 77.8 Å². The Morgan fingerprint density at radius 2 is 1.68 bits per heavy atom. The lowest BCUT2D eigenvalue weighted by Crippen LogP contribution is -2.27. The van der Waals surface area contributed by atoms with Crippen LogP contribution in [0.3, 0.4) is 0 Å². The number of Topliss-reactive ketones (excluding diaryl/α,β-unsaturated/α-hetero) is 1. The number of benzene rings is 2. The molecule has 1 amide bonds. The van der Waals surface area contributed by atoms with Crippen LogP contribution in [0.5, 0.6) is 11.5 Å². The van der Waals surface area contributed by atoms with E-state index in [1.54, 1.807) is 55.6 Å². The van der Waals surface area contributed by atoms with E-state index in [4.69, 9.17) is 13.9 Å². The summed E-state index contributed by atoms with van der Waals surface area (Å²) in [6.45, 7) is 2.13. The average molecular weight is 379 g/mol. The number of ketones is 1. The fourth-order valence-corrected chi connectivity index (χ4v) is 2.63. The van der Waals surface area contributed by atoms with Gasteiger partial charge >= 0.3 is 0 Å². The monoisotopic (exact) mass is 379 g/mol. The number of hydrogen-bond acceptors (Lipinski definition) is 5.